The average Bonchev–Trinajstić information content (AvgIpc) is 1.94. The molecule has 3 nitrogen and oxygen atoms in total. The van der Waals surface area contributed by atoms with Crippen LogP contribution in [0.5, 0.6) is 5.75 Å². The molecule has 0 unspecified atom stereocenters. The van der Waals surface area contributed by atoms with Gasteiger partial charge < -0.3 is 9.84 Å². The van der Waals surface area contributed by atoms with Crippen LogP contribution in [-0.2, 0) is 0 Å². The van der Waals surface area contributed by atoms with E-state index in [-0.39, 0.29) is 0 Å². The van der Waals surface area contributed by atoms with E-state index in [0.29, 0.717) is 5.75 Å². The van der Waals surface area contributed by atoms with Crippen LogP contribution in [0.15, 0.2) is 18.2 Å². The highest BCUT2D eigenvalue weighted by Gasteiger charge is 2.03. The Morgan fingerprint density at radius 2 is 2.08 bits per heavy atom. The number of benzene rings is 1. The molecule has 3 heteroatoms. The topological polar surface area (TPSA) is 46.5 Å². The number of carbonyl (C=O) groups is 1. The Hall–Kier alpha value is -1.51. The second kappa shape index (κ2) is 3.26. The number of hydrogen-bond acceptors (Lipinski definition) is 2. The van der Waals surface area contributed by atoms with Crippen molar-refractivity contribution in [2.75, 3.05) is 0 Å². The van der Waals surface area contributed by atoms with Crippen LogP contribution in [0.25, 0.3) is 0 Å². The van der Waals surface area contributed by atoms with Crippen molar-refractivity contribution in [3.8, 4) is 5.75 Å². The number of ether oxygens (including phenoxy) is 1. The predicted octanol–water partition coefficient (Wildman–Crippen LogP) is 2.36. The van der Waals surface area contributed by atoms with E-state index >= 15 is 0 Å². The van der Waals surface area contributed by atoms with Crippen LogP contribution in [0.3, 0.4) is 0 Å². The zero-order valence-corrected chi connectivity index (χ0v) is 7.00. The molecule has 0 saturated carbocycles. The molecule has 0 fully saturated rings. The molecule has 0 heterocycles. The molecule has 64 valence electrons. The molecule has 0 radical (unpaired) electrons. The molecule has 1 rings (SSSR count). The van der Waals surface area contributed by atoms with Crippen molar-refractivity contribution in [1.82, 2.24) is 0 Å². The lowest BCUT2D eigenvalue weighted by Crippen LogP contribution is -2.04. The predicted molar refractivity (Wildman–Crippen MR) is 44.6 cm³/mol. The van der Waals surface area contributed by atoms with Crippen LogP contribution in [0.2, 0.25) is 0 Å². The molecule has 12 heavy (non-hydrogen) atoms. The van der Waals surface area contributed by atoms with Gasteiger partial charge in [0.05, 0.1) is 0 Å². The summed E-state index contributed by atoms with van der Waals surface area (Å²) in [5, 5.41) is 8.34. The first-order valence-electron chi connectivity index (χ1n) is 3.57. The van der Waals surface area contributed by atoms with E-state index in [1.807, 2.05) is 26.0 Å². The maximum Gasteiger partial charge on any atom is 0.511 e. The van der Waals surface area contributed by atoms with E-state index in [4.69, 9.17) is 5.11 Å². The molecule has 0 aromatic heterocycles. The lowest BCUT2D eigenvalue weighted by atomic mass is 10.1. The first kappa shape index (κ1) is 8.59. The lowest BCUT2D eigenvalue weighted by molar-refractivity contribution is 0.144. The summed E-state index contributed by atoms with van der Waals surface area (Å²) in [7, 11) is 0. The smallest absolute Gasteiger partial charge is 0.449 e. The van der Waals surface area contributed by atoms with Crippen LogP contribution in [0.4, 0.5) is 4.79 Å². The van der Waals surface area contributed by atoms with Crippen LogP contribution in [0.1, 0.15) is 11.1 Å². The van der Waals surface area contributed by atoms with Gasteiger partial charge in [-0.25, -0.2) is 4.79 Å². The van der Waals surface area contributed by atoms with Gasteiger partial charge in [0, 0.05) is 0 Å². The van der Waals surface area contributed by atoms with Gasteiger partial charge in [-0.05, 0) is 25.5 Å². The first-order valence-corrected chi connectivity index (χ1v) is 3.57. The maximum atomic E-state index is 10.2. The summed E-state index contributed by atoms with van der Waals surface area (Å²) in [5.74, 6) is 0.396. The molecule has 0 aliphatic heterocycles. The molecule has 1 aromatic carbocycles. The summed E-state index contributed by atoms with van der Waals surface area (Å²) in [6, 6.07) is 5.34. The molecule has 0 spiro atoms. The van der Waals surface area contributed by atoms with Crippen LogP contribution in [0, 0.1) is 13.8 Å². The normalized spacial score (nSPS) is 9.50. The minimum absolute atomic E-state index is 0.396. The third-order valence-corrected chi connectivity index (χ3v) is 1.53. The van der Waals surface area contributed by atoms with Crippen molar-refractivity contribution < 1.29 is 14.6 Å². The molecule has 1 aromatic rings. The minimum Gasteiger partial charge on any atom is -0.449 e. The quantitative estimate of drug-likeness (QED) is 0.514. The Balaban J connectivity index is 2.93. The monoisotopic (exact) mass is 166 g/mol. The fraction of sp³-hybridized carbons (Fsp3) is 0.222. The van der Waals surface area contributed by atoms with Gasteiger partial charge >= 0.3 is 6.16 Å². The molecule has 0 bridgehead atoms. The van der Waals surface area contributed by atoms with E-state index in [0.717, 1.165) is 11.1 Å². The number of hydrogen-bond donors (Lipinski definition) is 1. The number of carboxylic acid groups (broad SMARTS) is 1. The van der Waals surface area contributed by atoms with E-state index < -0.39 is 6.16 Å². The Morgan fingerprint density at radius 1 is 1.42 bits per heavy atom. The second-order valence-corrected chi connectivity index (χ2v) is 2.64. The summed E-state index contributed by atoms with van der Waals surface area (Å²) in [6.07, 6.45) is -1.28. The third kappa shape index (κ3) is 1.99. The largest absolute Gasteiger partial charge is 0.511 e. The number of aryl methyl sites for hydroxylation is 2. The Morgan fingerprint density at radius 3 is 2.58 bits per heavy atom. The van der Waals surface area contributed by atoms with E-state index in [2.05, 4.69) is 4.74 Å². The molecule has 0 atom stereocenters. The van der Waals surface area contributed by atoms with Gasteiger partial charge in [-0.1, -0.05) is 17.7 Å². The Bertz CT molecular complexity index is 305. The summed E-state index contributed by atoms with van der Waals surface area (Å²) >= 11 is 0. The fourth-order valence-electron chi connectivity index (χ4n) is 1.01. The van der Waals surface area contributed by atoms with Crippen molar-refractivity contribution in [3.05, 3.63) is 29.3 Å². The van der Waals surface area contributed by atoms with Crippen LogP contribution < -0.4 is 4.74 Å². The highest BCUT2D eigenvalue weighted by Crippen LogP contribution is 2.18. The summed E-state index contributed by atoms with van der Waals surface area (Å²) < 4.78 is 4.52. The van der Waals surface area contributed by atoms with E-state index in [1.165, 1.54) is 0 Å². The zero-order valence-electron chi connectivity index (χ0n) is 7.00. The van der Waals surface area contributed by atoms with Gasteiger partial charge in [0.2, 0.25) is 0 Å². The zero-order chi connectivity index (χ0) is 9.14. The second-order valence-electron chi connectivity index (χ2n) is 2.64. The SMILES string of the molecule is Cc1ccc(OC(=O)O)c(C)c1. The van der Waals surface area contributed by atoms with E-state index in [9.17, 15) is 4.79 Å². The maximum absolute atomic E-state index is 10.2. The first-order chi connectivity index (χ1) is 5.59. The van der Waals surface area contributed by atoms with Crippen molar-refractivity contribution in [3.63, 3.8) is 0 Å². The van der Waals surface area contributed by atoms with Crippen molar-refractivity contribution in [2.24, 2.45) is 0 Å². The summed E-state index contributed by atoms with van der Waals surface area (Å²) in [6.45, 7) is 3.75. The van der Waals surface area contributed by atoms with Gasteiger partial charge in [-0.15, -0.1) is 0 Å². The fourth-order valence-corrected chi connectivity index (χ4v) is 1.01. The lowest BCUT2D eigenvalue weighted by Gasteiger charge is -2.03. The van der Waals surface area contributed by atoms with Gasteiger partial charge in [0.1, 0.15) is 5.75 Å². The minimum atomic E-state index is -1.28. The van der Waals surface area contributed by atoms with Crippen molar-refractivity contribution >= 4 is 6.16 Å². The van der Waals surface area contributed by atoms with Gasteiger partial charge in [0.25, 0.3) is 0 Å². The molecular weight excluding hydrogens is 156 g/mol. The molecule has 0 aliphatic rings. The van der Waals surface area contributed by atoms with Crippen molar-refractivity contribution in [2.45, 2.75) is 13.8 Å². The van der Waals surface area contributed by atoms with Crippen molar-refractivity contribution in [1.29, 1.82) is 0 Å². The number of rotatable bonds is 1. The molecular formula is C9H10O3. The standard InChI is InChI=1S/C9H10O3/c1-6-3-4-8(7(2)5-6)12-9(10)11/h3-5H,1-2H3,(H,10,11). The molecule has 0 aliphatic carbocycles. The Kier molecular flexibility index (Phi) is 2.33. The van der Waals surface area contributed by atoms with Gasteiger partial charge in [-0.3, -0.25) is 0 Å². The van der Waals surface area contributed by atoms with E-state index in [1.54, 1.807) is 6.07 Å². The van der Waals surface area contributed by atoms with Gasteiger partial charge in [0.15, 0.2) is 0 Å². The summed E-state index contributed by atoms with van der Waals surface area (Å²) in [4.78, 5) is 10.2. The summed E-state index contributed by atoms with van der Waals surface area (Å²) in [5.41, 5.74) is 1.92. The molecule has 0 amide bonds. The van der Waals surface area contributed by atoms with Crippen LogP contribution in [-0.4, -0.2) is 11.3 Å². The van der Waals surface area contributed by atoms with Crippen LogP contribution >= 0.6 is 0 Å². The molecule has 0 saturated heterocycles. The van der Waals surface area contributed by atoms with Gasteiger partial charge in [-0.2, -0.15) is 0 Å². The highest BCUT2D eigenvalue weighted by molar-refractivity contribution is 5.62. The third-order valence-electron chi connectivity index (χ3n) is 1.53. The highest BCUT2D eigenvalue weighted by atomic mass is 16.7. The molecule has 1 N–H and O–H groups in total. The average molecular weight is 166 g/mol. The Labute approximate surface area is 70.6 Å².